The van der Waals surface area contributed by atoms with E-state index in [2.05, 4.69) is 39.9 Å². The van der Waals surface area contributed by atoms with Crippen LogP contribution in [0.5, 0.6) is 0 Å². The lowest BCUT2D eigenvalue weighted by atomic mass is 9.51. The van der Waals surface area contributed by atoms with E-state index in [0.717, 1.165) is 6.42 Å². The molecule has 0 aromatic carbocycles. The van der Waals surface area contributed by atoms with Crippen molar-refractivity contribution in [3.63, 3.8) is 0 Å². The summed E-state index contributed by atoms with van der Waals surface area (Å²) in [5, 5.41) is 3.17. The molecule has 0 radical (unpaired) electrons. The van der Waals surface area contributed by atoms with Gasteiger partial charge < -0.3 is 5.32 Å². The van der Waals surface area contributed by atoms with Crippen molar-refractivity contribution in [3.05, 3.63) is 0 Å². The van der Waals surface area contributed by atoms with E-state index in [9.17, 15) is 4.79 Å². The van der Waals surface area contributed by atoms with Gasteiger partial charge in [0.2, 0.25) is 5.91 Å². The maximum Gasteiger partial charge on any atom is 0.217 e. The largest absolute Gasteiger partial charge is 0.351 e. The van der Waals surface area contributed by atoms with Crippen molar-refractivity contribution in [3.8, 4) is 0 Å². The Kier molecular flexibility index (Phi) is 2.92. The molecule has 1 fully saturated rings. The second-order valence-electron chi connectivity index (χ2n) is 6.38. The molecule has 0 aromatic rings. The molecule has 1 saturated carbocycles. The summed E-state index contributed by atoms with van der Waals surface area (Å²) in [4.78, 5) is 11.3. The lowest BCUT2D eigenvalue weighted by Crippen LogP contribution is -2.62. The molecule has 1 aliphatic carbocycles. The number of carbonyl (C=O) groups is 1. The zero-order chi connectivity index (χ0) is 11.9. The Morgan fingerprint density at radius 1 is 1.07 bits per heavy atom. The first kappa shape index (κ1) is 12.5. The van der Waals surface area contributed by atoms with Gasteiger partial charge in [-0.3, -0.25) is 4.79 Å². The minimum Gasteiger partial charge on any atom is -0.351 e. The summed E-state index contributed by atoms with van der Waals surface area (Å²) in [5.41, 5.74) is 0.340. The van der Waals surface area contributed by atoms with Crippen LogP contribution in [0.3, 0.4) is 0 Å². The Balaban J connectivity index is 3.02. The summed E-state index contributed by atoms with van der Waals surface area (Å²) in [7, 11) is 0. The van der Waals surface area contributed by atoms with E-state index in [1.807, 2.05) is 0 Å². The number of rotatable bonds is 1. The van der Waals surface area contributed by atoms with Crippen LogP contribution in [0.25, 0.3) is 0 Å². The van der Waals surface area contributed by atoms with E-state index in [1.165, 1.54) is 12.8 Å². The van der Waals surface area contributed by atoms with Crippen molar-refractivity contribution in [2.24, 2.45) is 10.8 Å². The van der Waals surface area contributed by atoms with Gasteiger partial charge in [0.1, 0.15) is 0 Å². The third kappa shape index (κ3) is 1.91. The molecule has 1 aliphatic rings. The highest BCUT2D eigenvalue weighted by Gasteiger charge is 2.53. The predicted octanol–water partition coefficient (Wildman–Crippen LogP) is 3.12. The summed E-state index contributed by atoms with van der Waals surface area (Å²) in [6.07, 6.45) is 3.53. The normalized spacial score (nSPS) is 33.5. The standard InChI is InChI=1S/C13H25NO/c1-10(15)14-13(6)9-7-8-11(2,3)12(13,4)5/h7-9H2,1-6H3,(H,14,15). The van der Waals surface area contributed by atoms with Gasteiger partial charge in [-0.1, -0.05) is 34.1 Å². The van der Waals surface area contributed by atoms with Gasteiger partial charge in [0.05, 0.1) is 0 Å². The molecule has 0 saturated heterocycles. The Morgan fingerprint density at radius 2 is 1.60 bits per heavy atom. The number of hydrogen-bond acceptors (Lipinski definition) is 1. The number of hydrogen-bond donors (Lipinski definition) is 1. The minimum atomic E-state index is -0.0689. The van der Waals surface area contributed by atoms with Gasteiger partial charge in [-0.25, -0.2) is 0 Å². The van der Waals surface area contributed by atoms with Crippen molar-refractivity contribution in [2.45, 2.75) is 66.3 Å². The smallest absolute Gasteiger partial charge is 0.217 e. The molecule has 2 nitrogen and oxygen atoms in total. The van der Waals surface area contributed by atoms with Gasteiger partial charge in [0.25, 0.3) is 0 Å². The van der Waals surface area contributed by atoms with Crippen LogP contribution in [0.15, 0.2) is 0 Å². The van der Waals surface area contributed by atoms with E-state index in [-0.39, 0.29) is 22.3 Å². The number of carbonyl (C=O) groups excluding carboxylic acids is 1. The third-order valence-corrected chi connectivity index (χ3v) is 5.00. The van der Waals surface area contributed by atoms with E-state index in [0.29, 0.717) is 0 Å². The highest BCUT2D eigenvalue weighted by molar-refractivity contribution is 5.74. The highest BCUT2D eigenvalue weighted by Crippen LogP contribution is 2.54. The van der Waals surface area contributed by atoms with Gasteiger partial charge in [-0.05, 0) is 30.6 Å². The molecule has 0 bridgehead atoms. The Hall–Kier alpha value is -0.530. The molecule has 1 N–H and O–H groups in total. The summed E-state index contributed by atoms with van der Waals surface area (Å²) < 4.78 is 0. The monoisotopic (exact) mass is 211 g/mol. The summed E-state index contributed by atoms with van der Waals surface area (Å²) in [6, 6.07) is 0. The Bertz CT molecular complexity index is 268. The quantitative estimate of drug-likeness (QED) is 0.709. The number of amides is 1. The fraction of sp³-hybridized carbons (Fsp3) is 0.923. The molecule has 0 aromatic heterocycles. The highest BCUT2D eigenvalue weighted by atomic mass is 16.1. The first-order valence-electron chi connectivity index (χ1n) is 5.91. The van der Waals surface area contributed by atoms with E-state index >= 15 is 0 Å². The molecular weight excluding hydrogens is 186 g/mol. The van der Waals surface area contributed by atoms with Crippen LogP contribution in [-0.4, -0.2) is 11.4 Å². The molecule has 88 valence electrons. The maximum absolute atomic E-state index is 11.3. The minimum absolute atomic E-state index is 0.0689. The van der Waals surface area contributed by atoms with Gasteiger partial charge in [0.15, 0.2) is 0 Å². The predicted molar refractivity (Wildman–Crippen MR) is 63.6 cm³/mol. The van der Waals surface area contributed by atoms with Crippen LogP contribution in [0.1, 0.15) is 60.8 Å². The van der Waals surface area contributed by atoms with Crippen molar-refractivity contribution >= 4 is 5.91 Å². The summed E-state index contributed by atoms with van der Waals surface area (Å²) in [5.74, 6) is 0.0864. The topological polar surface area (TPSA) is 29.1 Å². The molecule has 1 rings (SSSR count). The van der Waals surface area contributed by atoms with Crippen LogP contribution in [0, 0.1) is 10.8 Å². The van der Waals surface area contributed by atoms with Crippen molar-refractivity contribution < 1.29 is 4.79 Å². The molecule has 1 atom stereocenters. The molecule has 0 spiro atoms. The van der Waals surface area contributed by atoms with E-state index in [4.69, 9.17) is 0 Å². The zero-order valence-electron chi connectivity index (χ0n) is 11.0. The maximum atomic E-state index is 11.3. The first-order chi connectivity index (χ1) is 6.62. The van der Waals surface area contributed by atoms with Gasteiger partial charge in [-0.2, -0.15) is 0 Å². The fourth-order valence-corrected chi connectivity index (χ4v) is 2.86. The second kappa shape index (κ2) is 3.50. The van der Waals surface area contributed by atoms with E-state index < -0.39 is 0 Å². The molecule has 1 unspecified atom stereocenters. The Labute approximate surface area is 93.8 Å². The zero-order valence-corrected chi connectivity index (χ0v) is 11.0. The first-order valence-corrected chi connectivity index (χ1v) is 5.91. The van der Waals surface area contributed by atoms with Crippen LogP contribution < -0.4 is 5.32 Å². The molecule has 0 heterocycles. The fourth-order valence-electron chi connectivity index (χ4n) is 2.86. The van der Waals surface area contributed by atoms with Crippen molar-refractivity contribution in [1.82, 2.24) is 5.32 Å². The lowest BCUT2D eigenvalue weighted by molar-refractivity contribution is -0.126. The van der Waals surface area contributed by atoms with E-state index in [1.54, 1.807) is 6.92 Å². The van der Waals surface area contributed by atoms with Crippen LogP contribution in [0.4, 0.5) is 0 Å². The van der Waals surface area contributed by atoms with Gasteiger partial charge >= 0.3 is 0 Å². The van der Waals surface area contributed by atoms with Crippen LogP contribution >= 0.6 is 0 Å². The summed E-state index contributed by atoms with van der Waals surface area (Å²) >= 11 is 0. The second-order valence-corrected chi connectivity index (χ2v) is 6.38. The van der Waals surface area contributed by atoms with Crippen LogP contribution in [-0.2, 0) is 4.79 Å². The lowest BCUT2D eigenvalue weighted by Gasteiger charge is -2.57. The molecule has 2 heteroatoms. The van der Waals surface area contributed by atoms with Crippen LogP contribution in [0.2, 0.25) is 0 Å². The third-order valence-electron chi connectivity index (χ3n) is 5.00. The Morgan fingerprint density at radius 3 is 2.07 bits per heavy atom. The number of nitrogens with one attached hydrogen (secondary N) is 1. The van der Waals surface area contributed by atoms with Gasteiger partial charge in [-0.15, -0.1) is 0 Å². The van der Waals surface area contributed by atoms with Gasteiger partial charge in [0, 0.05) is 12.5 Å². The molecular formula is C13H25NO. The average Bonchev–Trinajstić information content (AvgIpc) is 1.99. The molecule has 0 aliphatic heterocycles. The molecule has 15 heavy (non-hydrogen) atoms. The van der Waals surface area contributed by atoms with Crippen molar-refractivity contribution in [2.75, 3.05) is 0 Å². The molecule has 1 amide bonds. The SMILES string of the molecule is CC(=O)NC1(C)CCCC(C)(C)C1(C)C. The average molecular weight is 211 g/mol. The summed E-state index contributed by atoms with van der Waals surface area (Å²) in [6.45, 7) is 13.0. The van der Waals surface area contributed by atoms with Crippen molar-refractivity contribution in [1.29, 1.82) is 0 Å².